The molecule has 0 unspecified atom stereocenters. The van der Waals surface area contributed by atoms with Gasteiger partial charge in [0, 0.05) is 14.9 Å². The number of hydrogen-bond donors (Lipinski definition) is 0. The van der Waals surface area contributed by atoms with E-state index in [1.165, 1.54) is 26.1 Å². The minimum Gasteiger partial charge on any atom is -0.139 e. The molecule has 0 atom stereocenters. The normalized spacial score (nSPS) is 11.0. The van der Waals surface area contributed by atoms with Crippen LogP contribution in [-0.4, -0.2) is 0 Å². The molecule has 0 fully saturated rings. The fourth-order valence-electron chi connectivity index (χ4n) is 1.51. The SMILES string of the molecule is Cc1ccc2c(C)c(CBr)sc2c1. The van der Waals surface area contributed by atoms with E-state index in [-0.39, 0.29) is 0 Å². The Kier molecular flexibility index (Phi) is 2.43. The van der Waals surface area contributed by atoms with E-state index in [1.54, 1.807) is 0 Å². The summed E-state index contributed by atoms with van der Waals surface area (Å²) in [5.41, 5.74) is 2.77. The zero-order valence-electron chi connectivity index (χ0n) is 7.73. The van der Waals surface area contributed by atoms with E-state index in [2.05, 4.69) is 48.0 Å². The van der Waals surface area contributed by atoms with Gasteiger partial charge in [0.1, 0.15) is 0 Å². The largest absolute Gasteiger partial charge is 0.139 e. The molecule has 0 amide bonds. The van der Waals surface area contributed by atoms with Gasteiger partial charge in [-0.3, -0.25) is 0 Å². The summed E-state index contributed by atoms with van der Waals surface area (Å²) in [5.74, 6) is 0. The fraction of sp³-hybridized carbons (Fsp3) is 0.273. The van der Waals surface area contributed by atoms with E-state index in [9.17, 15) is 0 Å². The number of rotatable bonds is 1. The number of hydrogen-bond acceptors (Lipinski definition) is 1. The van der Waals surface area contributed by atoms with Gasteiger partial charge in [-0.05, 0) is 36.4 Å². The van der Waals surface area contributed by atoms with Gasteiger partial charge in [0.05, 0.1) is 0 Å². The van der Waals surface area contributed by atoms with Crippen LogP contribution in [0.15, 0.2) is 18.2 Å². The molecule has 2 aromatic rings. The Balaban J connectivity index is 2.76. The molecule has 68 valence electrons. The first-order chi connectivity index (χ1) is 6.22. The van der Waals surface area contributed by atoms with Crippen LogP contribution >= 0.6 is 27.3 Å². The van der Waals surface area contributed by atoms with Gasteiger partial charge >= 0.3 is 0 Å². The first-order valence-corrected chi connectivity index (χ1v) is 6.21. The number of alkyl halides is 1. The molecule has 1 aromatic carbocycles. The van der Waals surface area contributed by atoms with Crippen LogP contribution in [0.25, 0.3) is 10.1 Å². The third-order valence-corrected chi connectivity index (χ3v) is 4.50. The topological polar surface area (TPSA) is 0 Å². The van der Waals surface area contributed by atoms with Gasteiger partial charge in [0.25, 0.3) is 0 Å². The first kappa shape index (κ1) is 9.22. The standard InChI is InChI=1S/C11H11BrS/c1-7-3-4-9-8(2)11(6-12)13-10(9)5-7/h3-5H,6H2,1-2H3. The Morgan fingerprint density at radius 3 is 2.77 bits per heavy atom. The lowest BCUT2D eigenvalue weighted by Crippen LogP contribution is -1.74. The summed E-state index contributed by atoms with van der Waals surface area (Å²) >= 11 is 5.41. The van der Waals surface area contributed by atoms with E-state index in [0.717, 1.165) is 5.33 Å². The number of fused-ring (bicyclic) bond motifs is 1. The lowest BCUT2D eigenvalue weighted by molar-refractivity contribution is 1.44. The van der Waals surface area contributed by atoms with Crippen molar-refractivity contribution < 1.29 is 0 Å². The van der Waals surface area contributed by atoms with Crippen LogP contribution in [0.1, 0.15) is 16.0 Å². The summed E-state index contributed by atoms with van der Waals surface area (Å²) in [5, 5.41) is 2.38. The molecule has 2 rings (SSSR count). The quantitative estimate of drug-likeness (QED) is 0.662. The van der Waals surface area contributed by atoms with Crippen LogP contribution in [0.5, 0.6) is 0 Å². The molecule has 0 saturated carbocycles. The average Bonchev–Trinajstić information content (AvgIpc) is 2.42. The molecule has 0 saturated heterocycles. The van der Waals surface area contributed by atoms with Gasteiger partial charge < -0.3 is 0 Å². The van der Waals surface area contributed by atoms with Crippen LogP contribution < -0.4 is 0 Å². The lowest BCUT2D eigenvalue weighted by Gasteiger charge is -1.93. The molecular weight excluding hydrogens is 244 g/mol. The molecule has 13 heavy (non-hydrogen) atoms. The highest BCUT2D eigenvalue weighted by Gasteiger charge is 2.06. The second-order valence-corrected chi connectivity index (χ2v) is 4.98. The van der Waals surface area contributed by atoms with Crippen LogP contribution in [0.3, 0.4) is 0 Å². The Morgan fingerprint density at radius 2 is 2.08 bits per heavy atom. The van der Waals surface area contributed by atoms with Gasteiger partial charge in [0.2, 0.25) is 0 Å². The van der Waals surface area contributed by atoms with Crippen molar-refractivity contribution in [1.29, 1.82) is 0 Å². The van der Waals surface area contributed by atoms with E-state index >= 15 is 0 Å². The summed E-state index contributed by atoms with van der Waals surface area (Å²) in [4.78, 5) is 1.45. The summed E-state index contributed by atoms with van der Waals surface area (Å²) in [6.07, 6.45) is 0. The molecule has 0 radical (unpaired) electrons. The van der Waals surface area contributed by atoms with Crippen molar-refractivity contribution in [3.63, 3.8) is 0 Å². The van der Waals surface area contributed by atoms with Crippen LogP contribution in [0, 0.1) is 13.8 Å². The van der Waals surface area contributed by atoms with Gasteiger partial charge in [-0.15, -0.1) is 11.3 Å². The lowest BCUT2D eigenvalue weighted by atomic mass is 10.1. The van der Waals surface area contributed by atoms with Crippen molar-refractivity contribution in [3.8, 4) is 0 Å². The fourth-order valence-corrected chi connectivity index (χ4v) is 3.43. The highest BCUT2D eigenvalue weighted by atomic mass is 79.9. The molecule has 2 heteroatoms. The molecule has 1 heterocycles. The van der Waals surface area contributed by atoms with Crippen LogP contribution in [0.4, 0.5) is 0 Å². The number of halogens is 1. The predicted molar refractivity (Wildman–Crippen MR) is 63.9 cm³/mol. The molecule has 0 spiro atoms. The molecule has 0 nitrogen and oxygen atoms in total. The second-order valence-electron chi connectivity index (χ2n) is 3.28. The van der Waals surface area contributed by atoms with E-state index < -0.39 is 0 Å². The zero-order chi connectivity index (χ0) is 9.42. The Hall–Kier alpha value is -0.340. The third-order valence-electron chi connectivity index (χ3n) is 2.31. The van der Waals surface area contributed by atoms with E-state index in [0.29, 0.717) is 0 Å². The molecule has 0 aliphatic rings. The number of benzene rings is 1. The van der Waals surface area contributed by atoms with Gasteiger partial charge in [0.15, 0.2) is 0 Å². The number of aryl methyl sites for hydroxylation is 2. The average molecular weight is 255 g/mol. The summed E-state index contributed by atoms with van der Waals surface area (Å²) in [7, 11) is 0. The third kappa shape index (κ3) is 1.53. The maximum atomic E-state index is 3.52. The Bertz CT molecular complexity index is 443. The highest BCUT2D eigenvalue weighted by Crippen LogP contribution is 2.32. The van der Waals surface area contributed by atoms with Gasteiger partial charge in [-0.1, -0.05) is 28.1 Å². The smallest absolute Gasteiger partial charge is 0.0380 e. The van der Waals surface area contributed by atoms with Gasteiger partial charge in [-0.2, -0.15) is 0 Å². The number of thiophene rings is 1. The maximum Gasteiger partial charge on any atom is 0.0380 e. The van der Waals surface area contributed by atoms with Crippen molar-refractivity contribution >= 4 is 37.4 Å². The zero-order valence-corrected chi connectivity index (χ0v) is 10.1. The van der Waals surface area contributed by atoms with Gasteiger partial charge in [-0.25, -0.2) is 0 Å². The van der Waals surface area contributed by atoms with Crippen molar-refractivity contribution in [2.75, 3.05) is 0 Å². The summed E-state index contributed by atoms with van der Waals surface area (Å²) in [6, 6.07) is 6.67. The first-order valence-electron chi connectivity index (χ1n) is 4.27. The van der Waals surface area contributed by atoms with Crippen LogP contribution in [0.2, 0.25) is 0 Å². The van der Waals surface area contributed by atoms with Crippen molar-refractivity contribution in [3.05, 3.63) is 34.2 Å². The van der Waals surface area contributed by atoms with E-state index in [4.69, 9.17) is 0 Å². The van der Waals surface area contributed by atoms with Crippen LogP contribution in [-0.2, 0) is 5.33 Å². The van der Waals surface area contributed by atoms with Crippen molar-refractivity contribution in [1.82, 2.24) is 0 Å². The molecular formula is C11H11BrS. The maximum absolute atomic E-state index is 3.52. The summed E-state index contributed by atoms with van der Waals surface area (Å²) in [6.45, 7) is 4.34. The van der Waals surface area contributed by atoms with Crippen molar-refractivity contribution in [2.24, 2.45) is 0 Å². The van der Waals surface area contributed by atoms with Crippen molar-refractivity contribution in [2.45, 2.75) is 19.2 Å². The monoisotopic (exact) mass is 254 g/mol. The Morgan fingerprint density at radius 1 is 1.31 bits per heavy atom. The van der Waals surface area contributed by atoms with E-state index in [1.807, 2.05) is 11.3 Å². The predicted octanol–water partition coefficient (Wildman–Crippen LogP) is 4.41. The Labute approximate surface area is 90.7 Å². The minimum absolute atomic E-state index is 0.969. The molecule has 0 aliphatic carbocycles. The second kappa shape index (κ2) is 3.43. The summed E-state index contributed by atoms with van der Waals surface area (Å²) < 4.78 is 1.41. The molecule has 0 N–H and O–H groups in total. The highest BCUT2D eigenvalue weighted by molar-refractivity contribution is 9.08. The minimum atomic E-state index is 0.969. The molecule has 0 bridgehead atoms. The molecule has 0 aliphatic heterocycles. The molecule has 1 aromatic heterocycles.